The van der Waals surface area contributed by atoms with Gasteiger partial charge in [0.05, 0.1) is 5.52 Å². The third-order valence-electron chi connectivity index (χ3n) is 2.48. The van der Waals surface area contributed by atoms with Crippen LogP contribution in [0.25, 0.3) is 10.9 Å². The topological polar surface area (TPSA) is 105 Å². The van der Waals surface area contributed by atoms with E-state index in [4.69, 9.17) is 10.8 Å². The minimum atomic E-state index is -1.06. The van der Waals surface area contributed by atoms with E-state index in [1.165, 1.54) is 6.92 Å². The van der Waals surface area contributed by atoms with Crippen LogP contribution in [0.2, 0.25) is 0 Å². The zero-order chi connectivity index (χ0) is 15.8. The third-order valence-corrected chi connectivity index (χ3v) is 2.84. The van der Waals surface area contributed by atoms with Crippen molar-refractivity contribution in [3.05, 3.63) is 36.4 Å². The number of aromatic nitrogens is 1. The van der Waals surface area contributed by atoms with Crippen molar-refractivity contribution >= 4 is 41.2 Å². The standard InChI is InChI=1S/C9H8N2.C5H9NO3S/c10-9-6-5-7-3-1-2-4-8(7)11-9;1-3(7)6-4(2-10)5(8)9/h1-6H,(H2,10,11);4,10H,2H2,1H3,(H,6,7)(H,8,9)/t;4-/m.0/s1. The van der Waals surface area contributed by atoms with Crippen molar-refractivity contribution in [1.29, 1.82) is 0 Å². The summed E-state index contributed by atoms with van der Waals surface area (Å²) in [6.45, 7) is 1.26. The lowest BCUT2D eigenvalue weighted by Crippen LogP contribution is -2.40. The van der Waals surface area contributed by atoms with Gasteiger partial charge in [-0.3, -0.25) is 4.79 Å². The maximum Gasteiger partial charge on any atom is 0.327 e. The first-order chi connectivity index (χ1) is 9.93. The van der Waals surface area contributed by atoms with Gasteiger partial charge in [-0.25, -0.2) is 9.78 Å². The number of nitrogens with one attached hydrogen (secondary N) is 1. The minimum absolute atomic E-state index is 0.106. The average molecular weight is 307 g/mol. The van der Waals surface area contributed by atoms with Gasteiger partial charge in [0.25, 0.3) is 0 Å². The molecule has 0 saturated carbocycles. The van der Waals surface area contributed by atoms with Gasteiger partial charge in [-0.15, -0.1) is 0 Å². The van der Waals surface area contributed by atoms with Crippen molar-refractivity contribution in [3.8, 4) is 0 Å². The maximum absolute atomic E-state index is 10.3. The molecule has 0 aliphatic heterocycles. The molecule has 0 fully saturated rings. The number of rotatable bonds is 3. The highest BCUT2D eigenvalue weighted by atomic mass is 32.1. The summed E-state index contributed by atoms with van der Waals surface area (Å²) < 4.78 is 0. The van der Waals surface area contributed by atoms with Crippen molar-refractivity contribution in [2.24, 2.45) is 0 Å². The highest BCUT2D eigenvalue weighted by Crippen LogP contribution is 2.11. The zero-order valence-electron chi connectivity index (χ0n) is 11.5. The van der Waals surface area contributed by atoms with E-state index in [1.54, 1.807) is 0 Å². The molecule has 21 heavy (non-hydrogen) atoms. The summed E-state index contributed by atoms with van der Waals surface area (Å²) in [5.74, 6) is -0.745. The van der Waals surface area contributed by atoms with E-state index >= 15 is 0 Å². The monoisotopic (exact) mass is 307 g/mol. The molecular formula is C14H17N3O3S. The molecule has 0 aliphatic carbocycles. The Balaban J connectivity index is 0.000000212. The number of aliphatic carboxylic acids is 1. The average Bonchev–Trinajstić information content (AvgIpc) is 2.44. The van der Waals surface area contributed by atoms with Crippen LogP contribution in [0.5, 0.6) is 0 Å². The number of carboxylic acids is 1. The van der Waals surface area contributed by atoms with Crippen LogP contribution in [0, 0.1) is 0 Å². The fourth-order valence-electron chi connectivity index (χ4n) is 1.51. The molecule has 1 heterocycles. The first-order valence-corrected chi connectivity index (χ1v) is 6.79. The van der Waals surface area contributed by atoms with Gasteiger partial charge < -0.3 is 16.2 Å². The van der Waals surface area contributed by atoms with Crippen LogP contribution >= 0.6 is 12.6 Å². The van der Waals surface area contributed by atoms with Crippen LogP contribution in [0.4, 0.5) is 5.82 Å². The van der Waals surface area contributed by atoms with E-state index in [0.29, 0.717) is 5.82 Å². The SMILES string of the molecule is CC(=O)N[C@@H](CS)C(=O)O.Nc1ccc2ccccc2n1. The van der Waals surface area contributed by atoms with Crippen LogP contribution in [-0.4, -0.2) is 33.8 Å². The largest absolute Gasteiger partial charge is 0.480 e. The van der Waals surface area contributed by atoms with Gasteiger partial charge in [0.15, 0.2) is 0 Å². The number of carbonyl (C=O) groups excluding carboxylic acids is 1. The second-order valence-electron chi connectivity index (χ2n) is 4.20. The summed E-state index contributed by atoms with van der Waals surface area (Å²) in [4.78, 5) is 24.7. The molecule has 1 atom stereocenters. The lowest BCUT2D eigenvalue weighted by molar-refractivity contribution is -0.140. The number of hydrogen-bond acceptors (Lipinski definition) is 5. The van der Waals surface area contributed by atoms with Crippen LogP contribution < -0.4 is 11.1 Å². The number of para-hydroxylation sites is 1. The Bertz CT molecular complexity index is 634. The Labute approximate surface area is 127 Å². The Morgan fingerprint density at radius 2 is 2.00 bits per heavy atom. The minimum Gasteiger partial charge on any atom is -0.480 e. The number of nitrogens with two attached hydrogens (primary N) is 1. The summed E-state index contributed by atoms with van der Waals surface area (Å²) >= 11 is 3.73. The summed E-state index contributed by atoms with van der Waals surface area (Å²) in [5, 5.41) is 11.7. The summed E-state index contributed by atoms with van der Waals surface area (Å²) in [5.41, 5.74) is 6.46. The van der Waals surface area contributed by atoms with E-state index < -0.39 is 12.0 Å². The molecule has 0 saturated heterocycles. The van der Waals surface area contributed by atoms with Gasteiger partial charge in [0.2, 0.25) is 5.91 Å². The number of thiol groups is 1. The molecule has 1 amide bonds. The van der Waals surface area contributed by atoms with Gasteiger partial charge in [-0.05, 0) is 18.2 Å². The molecule has 1 aromatic heterocycles. The lowest BCUT2D eigenvalue weighted by atomic mass is 10.2. The molecule has 2 rings (SSSR count). The molecule has 0 bridgehead atoms. The van der Waals surface area contributed by atoms with Crippen LogP contribution in [-0.2, 0) is 9.59 Å². The van der Waals surface area contributed by atoms with Crippen molar-refractivity contribution in [2.45, 2.75) is 13.0 Å². The van der Waals surface area contributed by atoms with Crippen LogP contribution in [0.15, 0.2) is 36.4 Å². The molecule has 0 radical (unpaired) electrons. The number of hydrogen-bond donors (Lipinski definition) is 4. The van der Waals surface area contributed by atoms with Gasteiger partial charge in [-0.2, -0.15) is 12.6 Å². The van der Waals surface area contributed by atoms with Gasteiger partial charge >= 0.3 is 5.97 Å². The summed E-state index contributed by atoms with van der Waals surface area (Å²) in [6, 6.07) is 10.8. The number of carboxylic acid groups (broad SMARTS) is 1. The fraction of sp³-hybridized carbons (Fsp3) is 0.214. The van der Waals surface area contributed by atoms with Crippen molar-refractivity contribution in [1.82, 2.24) is 10.3 Å². The molecule has 0 spiro atoms. The van der Waals surface area contributed by atoms with Gasteiger partial charge in [-0.1, -0.05) is 18.2 Å². The van der Waals surface area contributed by atoms with E-state index in [2.05, 4.69) is 22.9 Å². The normalized spacial score (nSPS) is 11.1. The van der Waals surface area contributed by atoms with Crippen LogP contribution in [0.1, 0.15) is 6.92 Å². The van der Waals surface area contributed by atoms with Gasteiger partial charge in [0, 0.05) is 18.1 Å². The zero-order valence-corrected chi connectivity index (χ0v) is 12.4. The number of carbonyl (C=O) groups is 2. The maximum atomic E-state index is 10.3. The summed E-state index contributed by atoms with van der Waals surface area (Å²) in [6.07, 6.45) is 0. The smallest absolute Gasteiger partial charge is 0.327 e. The number of anilines is 1. The number of nitrogens with zero attached hydrogens (tertiary/aromatic N) is 1. The van der Waals surface area contributed by atoms with Crippen molar-refractivity contribution in [2.75, 3.05) is 11.5 Å². The number of amides is 1. The number of nitrogen functional groups attached to an aromatic ring is 1. The molecule has 4 N–H and O–H groups in total. The molecular weight excluding hydrogens is 290 g/mol. The van der Waals surface area contributed by atoms with Crippen molar-refractivity contribution < 1.29 is 14.7 Å². The summed E-state index contributed by atoms with van der Waals surface area (Å²) in [7, 11) is 0. The molecule has 0 unspecified atom stereocenters. The first-order valence-electron chi connectivity index (χ1n) is 6.16. The van der Waals surface area contributed by atoms with Gasteiger partial charge in [0.1, 0.15) is 11.9 Å². The number of benzene rings is 1. The predicted molar refractivity (Wildman–Crippen MR) is 85.2 cm³/mol. The Morgan fingerprint density at radius 3 is 2.52 bits per heavy atom. The number of pyridine rings is 1. The van der Waals surface area contributed by atoms with E-state index in [1.807, 2.05) is 36.4 Å². The quantitative estimate of drug-likeness (QED) is 0.640. The molecule has 6 nitrogen and oxygen atoms in total. The molecule has 2 aromatic rings. The predicted octanol–water partition coefficient (Wildman–Crippen LogP) is 1.32. The van der Waals surface area contributed by atoms with E-state index in [0.717, 1.165) is 10.9 Å². The Hall–Kier alpha value is -2.28. The molecule has 1 aromatic carbocycles. The van der Waals surface area contributed by atoms with Crippen LogP contribution in [0.3, 0.4) is 0 Å². The second-order valence-corrected chi connectivity index (χ2v) is 4.57. The third kappa shape index (κ3) is 5.70. The number of fused-ring (bicyclic) bond motifs is 1. The molecule has 0 aliphatic rings. The Morgan fingerprint density at radius 1 is 1.33 bits per heavy atom. The van der Waals surface area contributed by atoms with E-state index in [9.17, 15) is 9.59 Å². The lowest BCUT2D eigenvalue weighted by Gasteiger charge is -2.08. The first kappa shape index (κ1) is 16.8. The van der Waals surface area contributed by atoms with Crippen molar-refractivity contribution in [3.63, 3.8) is 0 Å². The highest BCUT2D eigenvalue weighted by molar-refractivity contribution is 7.80. The second kappa shape index (κ2) is 8.11. The highest BCUT2D eigenvalue weighted by Gasteiger charge is 2.15. The molecule has 112 valence electrons. The molecule has 7 heteroatoms. The Kier molecular flexibility index (Phi) is 6.48. The fourth-order valence-corrected chi connectivity index (χ4v) is 1.76. The van der Waals surface area contributed by atoms with E-state index in [-0.39, 0.29) is 11.7 Å².